The van der Waals surface area contributed by atoms with Crippen LogP contribution in [0.1, 0.15) is 12.3 Å². The molecule has 3 aromatic rings. The van der Waals surface area contributed by atoms with E-state index in [1.165, 1.54) is 24.4 Å². The van der Waals surface area contributed by atoms with Gasteiger partial charge in [0.15, 0.2) is 0 Å². The van der Waals surface area contributed by atoms with E-state index in [4.69, 9.17) is 9.15 Å². The highest BCUT2D eigenvalue weighted by Crippen LogP contribution is 2.21. The smallest absolute Gasteiger partial charge is 0.314 e. The molecule has 0 atom stereocenters. The normalized spacial score (nSPS) is 11.0. The predicted octanol–water partition coefficient (Wildman–Crippen LogP) is 2.45. The quantitative estimate of drug-likeness (QED) is 0.678. The number of hydrogen-bond donors (Lipinski definition) is 0. The molecule has 0 aliphatic rings. The van der Waals surface area contributed by atoms with Crippen LogP contribution >= 0.6 is 0 Å². The Morgan fingerprint density at radius 2 is 2.08 bits per heavy atom. The zero-order chi connectivity index (χ0) is 17.8. The van der Waals surface area contributed by atoms with Gasteiger partial charge in [-0.15, -0.1) is 10.2 Å². The third kappa shape index (κ3) is 4.03. The summed E-state index contributed by atoms with van der Waals surface area (Å²) in [5.41, 5.74) is -0.371. The number of aromatic nitrogens is 4. The molecule has 3 rings (SSSR count). The predicted molar refractivity (Wildman–Crippen MR) is 78.6 cm³/mol. The van der Waals surface area contributed by atoms with E-state index in [-0.39, 0.29) is 24.6 Å². The first-order chi connectivity index (χ1) is 12.0. The van der Waals surface area contributed by atoms with Crippen LogP contribution in [0.2, 0.25) is 0 Å². The van der Waals surface area contributed by atoms with E-state index >= 15 is 0 Å². The molecule has 0 amide bonds. The summed E-state index contributed by atoms with van der Waals surface area (Å²) in [5.74, 6) is -1.15. The third-order valence-corrected chi connectivity index (χ3v) is 3.11. The maximum absolute atomic E-state index is 13.0. The van der Waals surface area contributed by atoms with Gasteiger partial charge in [0.2, 0.25) is 5.89 Å². The molecule has 0 N–H and O–H groups in total. The molecule has 130 valence electrons. The molecule has 0 saturated heterocycles. The fourth-order valence-corrected chi connectivity index (χ4v) is 1.96. The molecule has 2 aromatic heterocycles. The van der Waals surface area contributed by atoms with Crippen LogP contribution in [0.5, 0.6) is 5.75 Å². The number of ether oxygens (including phenoxy) is 1. The Labute approximate surface area is 138 Å². The van der Waals surface area contributed by atoms with E-state index in [9.17, 15) is 18.0 Å². The Hall–Kier alpha value is -3.17. The molecule has 1 aromatic carbocycles. The van der Waals surface area contributed by atoms with Crippen LogP contribution in [0.4, 0.5) is 13.2 Å². The van der Waals surface area contributed by atoms with Crippen LogP contribution in [0.25, 0.3) is 11.5 Å². The van der Waals surface area contributed by atoms with Gasteiger partial charge in [0.05, 0.1) is 18.3 Å². The molecular weight excluding hydrogens is 341 g/mol. The van der Waals surface area contributed by atoms with Crippen LogP contribution in [0.15, 0.2) is 45.7 Å². The van der Waals surface area contributed by atoms with Gasteiger partial charge in [0.1, 0.15) is 18.2 Å². The standard InChI is InChI=1S/C15H11F3N4O3/c16-10-2-1-3-11(7-10)24-5-4-22-12(23)6-9(8-19-22)14-20-21-15(25-14)13(17)18/h1-3,6-8,13H,4-5H2. The Bertz CT molecular complexity index is 926. The summed E-state index contributed by atoms with van der Waals surface area (Å²) in [6, 6.07) is 6.72. The van der Waals surface area contributed by atoms with Crippen molar-refractivity contribution in [3.8, 4) is 17.2 Å². The van der Waals surface area contributed by atoms with Crippen molar-refractivity contribution in [1.82, 2.24) is 20.0 Å². The van der Waals surface area contributed by atoms with Gasteiger partial charge in [-0.2, -0.15) is 13.9 Å². The van der Waals surface area contributed by atoms with Gasteiger partial charge in [0.25, 0.3) is 11.4 Å². The van der Waals surface area contributed by atoms with Gasteiger partial charge >= 0.3 is 6.43 Å². The van der Waals surface area contributed by atoms with Crippen LogP contribution in [-0.4, -0.2) is 26.6 Å². The van der Waals surface area contributed by atoms with Crippen molar-refractivity contribution in [1.29, 1.82) is 0 Å². The monoisotopic (exact) mass is 352 g/mol. The van der Waals surface area contributed by atoms with E-state index in [1.54, 1.807) is 6.07 Å². The Morgan fingerprint density at radius 1 is 1.24 bits per heavy atom. The molecular formula is C15H11F3N4O3. The van der Waals surface area contributed by atoms with Crippen molar-refractivity contribution in [3.05, 3.63) is 58.6 Å². The van der Waals surface area contributed by atoms with Crippen LogP contribution in [-0.2, 0) is 6.54 Å². The molecule has 0 aliphatic carbocycles. The summed E-state index contributed by atoms with van der Waals surface area (Å²) in [5, 5.41) is 10.5. The van der Waals surface area contributed by atoms with Gasteiger partial charge < -0.3 is 9.15 Å². The van der Waals surface area contributed by atoms with Gasteiger partial charge in [-0.1, -0.05) is 6.07 Å². The number of nitrogens with zero attached hydrogens (tertiary/aromatic N) is 4. The first kappa shape index (κ1) is 16.7. The highest BCUT2D eigenvalue weighted by atomic mass is 19.3. The van der Waals surface area contributed by atoms with Crippen LogP contribution in [0.3, 0.4) is 0 Å². The molecule has 0 bridgehead atoms. The minimum absolute atomic E-state index is 0.0891. The highest BCUT2D eigenvalue weighted by molar-refractivity contribution is 5.49. The average molecular weight is 352 g/mol. The van der Waals surface area contributed by atoms with Crippen LogP contribution in [0, 0.1) is 5.82 Å². The number of alkyl halides is 2. The second kappa shape index (κ2) is 7.16. The molecule has 0 spiro atoms. The minimum Gasteiger partial charge on any atom is -0.492 e. The summed E-state index contributed by atoms with van der Waals surface area (Å²) < 4.78 is 49.1. The third-order valence-electron chi connectivity index (χ3n) is 3.11. The molecule has 0 saturated carbocycles. The van der Waals surface area contributed by atoms with Crippen molar-refractivity contribution in [3.63, 3.8) is 0 Å². The summed E-state index contributed by atoms with van der Waals surface area (Å²) >= 11 is 0. The van der Waals surface area contributed by atoms with Crippen molar-refractivity contribution < 1.29 is 22.3 Å². The summed E-state index contributed by atoms with van der Waals surface area (Å²) in [7, 11) is 0. The van der Waals surface area contributed by atoms with E-state index in [0.717, 1.165) is 10.7 Å². The summed E-state index contributed by atoms with van der Waals surface area (Å²) in [6.45, 7) is 0.202. The molecule has 0 fully saturated rings. The lowest BCUT2D eigenvalue weighted by molar-refractivity contribution is 0.116. The molecule has 2 heterocycles. The maximum Gasteiger partial charge on any atom is 0.314 e. The van der Waals surface area contributed by atoms with Gasteiger partial charge in [-0.25, -0.2) is 9.07 Å². The minimum atomic E-state index is -2.89. The highest BCUT2D eigenvalue weighted by Gasteiger charge is 2.17. The molecule has 7 nitrogen and oxygen atoms in total. The average Bonchev–Trinajstić information content (AvgIpc) is 3.07. The Morgan fingerprint density at radius 3 is 2.76 bits per heavy atom. The zero-order valence-corrected chi connectivity index (χ0v) is 12.6. The number of rotatable bonds is 6. The van der Waals surface area contributed by atoms with E-state index in [1.807, 2.05) is 0 Å². The Balaban J connectivity index is 1.66. The van der Waals surface area contributed by atoms with Crippen molar-refractivity contribution in [2.75, 3.05) is 6.61 Å². The van der Waals surface area contributed by atoms with Crippen molar-refractivity contribution in [2.45, 2.75) is 13.0 Å². The Kier molecular flexibility index (Phi) is 4.78. The number of halogens is 3. The molecule has 0 radical (unpaired) electrons. The summed E-state index contributed by atoms with van der Waals surface area (Å²) in [4.78, 5) is 12.0. The van der Waals surface area contributed by atoms with Gasteiger partial charge in [0, 0.05) is 12.1 Å². The van der Waals surface area contributed by atoms with Crippen molar-refractivity contribution in [2.24, 2.45) is 0 Å². The second-order valence-electron chi connectivity index (χ2n) is 4.86. The first-order valence-electron chi connectivity index (χ1n) is 7.10. The van der Waals surface area contributed by atoms with Gasteiger partial charge in [-0.05, 0) is 12.1 Å². The van der Waals surface area contributed by atoms with E-state index < -0.39 is 23.7 Å². The van der Waals surface area contributed by atoms with E-state index in [0.29, 0.717) is 5.75 Å². The second-order valence-corrected chi connectivity index (χ2v) is 4.86. The lowest BCUT2D eigenvalue weighted by Gasteiger charge is -2.07. The molecule has 0 unspecified atom stereocenters. The fraction of sp³-hybridized carbons (Fsp3) is 0.200. The fourth-order valence-electron chi connectivity index (χ4n) is 1.96. The largest absolute Gasteiger partial charge is 0.492 e. The lowest BCUT2D eigenvalue weighted by Crippen LogP contribution is -2.25. The molecule has 0 aliphatic heterocycles. The number of benzene rings is 1. The van der Waals surface area contributed by atoms with Crippen molar-refractivity contribution >= 4 is 0 Å². The first-order valence-corrected chi connectivity index (χ1v) is 7.10. The summed E-state index contributed by atoms with van der Waals surface area (Å²) in [6.07, 6.45) is -1.65. The number of hydrogen-bond acceptors (Lipinski definition) is 6. The van der Waals surface area contributed by atoms with Crippen LogP contribution < -0.4 is 10.3 Å². The topological polar surface area (TPSA) is 83.0 Å². The van der Waals surface area contributed by atoms with Gasteiger partial charge in [-0.3, -0.25) is 4.79 Å². The lowest BCUT2D eigenvalue weighted by atomic mass is 10.3. The SMILES string of the molecule is O=c1cc(-c2nnc(C(F)F)o2)cnn1CCOc1cccc(F)c1. The maximum atomic E-state index is 13.0. The van der Waals surface area contributed by atoms with E-state index in [2.05, 4.69) is 15.3 Å². The zero-order valence-electron chi connectivity index (χ0n) is 12.6. The molecule has 10 heteroatoms. The molecule has 25 heavy (non-hydrogen) atoms.